The molecular weight excluding hydrogens is 195 g/mol. The molecule has 0 aliphatic heterocycles. The van der Waals surface area contributed by atoms with E-state index in [0.717, 1.165) is 5.56 Å². The molecule has 1 rings (SSSR count). The molecule has 1 unspecified atom stereocenters. The Morgan fingerprint density at radius 1 is 1.33 bits per heavy atom. The minimum atomic E-state index is -0.399. The molecule has 0 spiro atoms. The third-order valence-corrected chi connectivity index (χ3v) is 2.30. The van der Waals surface area contributed by atoms with E-state index in [9.17, 15) is 9.18 Å². The molecule has 82 valence electrons. The molecule has 0 heterocycles. The van der Waals surface area contributed by atoms with Gasteiger partial charge in [0.25, 0.3) is 0 Å². The average molecular weight is 210 g/mol. The lowest BCUT2D eigenvalue weighted by molar-refractivity contribution is -0.119. The van der Waals surface area contributed by atoms with Gasteiger partial charge in [-0.1, -0.05) is 12.1 Å². The molecule has 0 aliphatic rings. The second-order valence-corrected chi connectivity index (χ2v) is 3.56. The van der Waals surface area contributed by atoms with Crippen molar-refractivity contribution in [3.05, 3.63) is 35.6 Å². The van der Waals surface area contributed by atoms with Crippen LogP contribution < -0.4 is 11.1 Å². The highest BCUT2D eigenvalue weighted by atomic mass is 19.1. The van der Waals surface area contributed by atoms with E-state index >= 15 is 0 Å². The van der Waals surface area contributed by atoms with Crippen LogP contribution in [0.15, 0.2) is 24.3 Å². The Kier molecular flexibility index (Phi) is 3.80. The maximum Gasteiger partial charge on any atom is 0.234 e. The summed E-state index contributed by atoms with van der Waals surface area (Å²) in [4.78, 5) is 10.8. The number of hydrogen-bond acceptors (Lipinski definition) is 2. The summed E-state index contributed by atoms with van der Waals surface area (Å²) in [7, 11) is 0. The van der Waals surface area contributed by atoms with Gasteiger partial charge in [-0.15, -0.1) is 0 Å². The summed E-state index contributed by atoms with van der Waals surface area (Å²) in [6.45, 7) is 3.59. The molecule has 2 atom stereocenters. The number of benzene rings is 1. The molecule has 1 amide bonds. The first kappa shape index (κ1) is 11.7. The highest BCUT2D eigenvalue weighted by Crippen LogP contribution is 2.13. The topological polar surface area (TPSA) is 55.1 Å². The highest BCUT2D eigenvalue weighted by Gasteiger charge is 2.12. The third kappa shape index (κ3) is 3.32. The number of primary amides is 1. The largest absolute Gasteiger partial charge is 0.368 e. The zero-order valence-electron chi connectivity index (χ0n) is 8.83. The molecule has 3 nitrogen and oxygen atoms in total. The molecule has 15 heavy (non-hydrogen) atoms. The fraction of sp³-hybridized carbons (Fsp3) is 0.364. The maximum atomic E-state index is 12.6. The lowest BCUT2D eigenvalue weighted by Crippen LogP contribution is -2.39. The van der Waals surface area contributed by atoms with E-state index in [4.69, 9.17) is 5.73 Å². The van der Waals surface area contributed by atoms with Gasteiger partial charge in [0.2, 0.25) is 5.91 Å². The number of nitrogens with two attached hydrogens (primary N) is 1. The summed E-state index contributed by atoms with van der Waals surface area (Å²) in [5.74, 6) is -0.669. The standard InChI is InChI=1S/C11H15FN2O/c1-7(14-8(2)11(13)15)9-3-5-10(12)6-4-9/h3-8,14H,1-2H3,(H2,13,15)/t7-,8?/m0/s1. The normalized spacial score (nSPS) is 14.6. The Balaban J connectivity index is 2.64. The van der Waals surface area contributed by atoms with Crippen LogP contribution in [0.4, 0.5) is 4.39 Å². The lowest BCUT2D eigenvalue weighted by atomic mass is 10.1. The minimum absolute atomic E-state index is 0.0342. The van der Waals surface area contributed by atoms with Crippen molar-refractivity contribution in [2.45, 2.75) is 25.9 Å². The Morgan fingerprint density at radius 3 is 2.33 bits per heavy atom. The van der Waals surface area contributed by atoms with E-state index in [1.807, 2.05) is 6.92 Å². The van der Waals surface area contributed by atoms with E-state index in [-0.39, 0.29) is 11.9 Å². The second-order valence-electron chi connectivity index (χ2n) is 3.56. The van der Waals surface area contributed by atoms with Gasteiger partial charge in [0, 0.05) is 6.04 Å². The number of hydrogen-bond donors (Lipinski definition) is 2. The molecule has 4 heteroatoms. The van der Waals surface area contributed by atoms with Gasteiger partial charge in [0.15, 0.2) is 0 Å². The van der Waals surface area contributed by atoms with Gasteiger partial charge in [0.05, 0.1) is 6.04 Å². The van der Waals surface area contributed by atoms with Gasteiger partial charge in [-0.25, -0.2) is 4.39 Å². The quantitative estimate of drug-likeness (QED) is 0.788. The third-order valence-electron chi connectivity index (χ3n) is 2.30. The van der Waals surface area contributed by atoms with E-state index in [1.165, 1.54) is 12.1 Å². The SMILES string of the molecule is CC(N[C@@H](C)c1ccc(F)cc1)C(N)=O. The van der Waals surface area contributed by atoms with Gasteiger partial charge in [-0.2, -0.15) is 0 Å². The maximum absolute atomic E-state index is 12.6. The van der Waals surface area contributed by atoms with Crippen molar-refractivity contribution >= 4 is 5.91 Å². The first-order chi connectivity index (χ1) is 7.00. The molecule has 0 fully saturated rings. The van der Waals surface area contributed by atoms with Crippen LogP contribution in [0.1, 0.15) is 25.5 Å². The fourth-order valence-corrected chi connectivity index (χ4v) is 1.30. The first-order valence-electron chi connectivity index (χ1n) is 4.81. The molecule has 1 aromatic rings. The van der Waals surface area contributed by atoms with Crippen LogP contribution in [0, 0.1) is 5.82 Å². The van der Waals surface area contributed by atoms with Crippen LogP contribution in [-0.2, 0) is 4.79 Å². The number of carbonyl (C=O) groups excluding carboxylic acids is 1. The Bertz CT molecular complexity index is 337. The van der Waals surface area contributed by atoms with Crippen LogP contribution in [-0.4, -0.2) is 11.9 Å². The minimum Gasteiger partial charge on any atom is -0.368 e. The van der Waals surface area contributed by atoms with Crippen molar-refractivity contribution in [3.63, 3.8) is 0 Å². The van der Waals surface area contributed by atoms with Crippen molar-refractivity contribution < 1.29 is 9.18 Å². The summed E-state index contributed by atoms with van der Waals surface area (Å²) in [6.07, 6.45) is 0. The molecule has 0 aromatic heterocycles. The predicted octanol–water partition coefficient (Wildman–Crippen LogP) is 1.35. The zero-order chi connectivity index (χ0) is 11.4. The van der Waals surface area contributed by atoms with Crippen LogP contribution in [0.5, 0.6) is 0 Å². The first-order valence-corrected chi connectivity index (χ1v) is 4.81. The van der Waals surface area contributed by atoms with Crippen molar-refractivity contribution in [1.29, 1.82) is 0 Å². The van der Waals surface area contributed by atoms with Gasteiger partial charge in [0.1, 0.15) is 5.82 Å². The smallest absolute Gasteiger partial charge is 0.234 e. The van der Waals surface area contributed by atoms with Crippen molar-refractivity contribution in [3.8, 4) is 0 Å². The van der Waals surface area contributed by atoms with Gasteiger partial charge < -0.3 is 5.73 Å². The average Bonchev–Trinajstić information content (AvgIpc) is 2.18. The second kappa shape index (κ2) is 4.89. The monoisotopic (exact) mass is 210 g/mol. The summed E-state index contributed by atoms with van der Waals surface area (Å²) in [5, 5.41) is 3.02. The van der Waals surface area contributed by atoms with Gasteiger partial charge in [-0.05, 0) is 31.5 Å². The Hall–Kier alpha value is -1.42. The highest BCUT2D eigenvalue weighted by molar-refractivity contribution is 5.79. The predicted molar refractivity (Wildman–Crippen MR) is 56.6 cm³/mol. The summed E-state index contributed by atoms with van der Waals surface area (Å²) < 4.78 is 12.6. The lowest BCUT2D eigenvalue weighted by Gasteiger charge is -2.17. The number of rotatable bonds is 4. The van der Waals surface area contributed by atoms with E-state index < -0.39 is 11.9 Å². The molecule has 0 saturated heterocycles. The van der Waals surface area contributed by atoms with Gasteiger partial charge >= 0.3 is 0 Å². The fourth-order valence-electron chi connectivity index (χ4n) is 1.30. The molecule has 3 N–H and O–H groups in total. The number of halogens is 1. The van der Waals surface area contributed by atoms with E-state index in [1.54, 1.807) is 19.1 Å². The summed E-state index contributed by atoms with van der Waals surface area (Å²) >= 11 is 0. The van der Waals surface area contributed by atoms with Crippen LogP contribution in [0.3, 0.4) is 0 Å². The number of carbonyl (C=O) groups is 1. The van der Waals surface area contributed by atoms with Crippen molar-refractivity contribution in [2.24, 2.45) is 5.73 Å². The molecule has 0 aliphatic carbocycles. The van der Waals surface area contributed by atoms with Crippen LogP contribution >= 0.6 is 0 Å². The van der Waals surface area contributed by atoms with E-state index in [0.29, 0.717) is 0 Å². The molecule has 0 radical (unpaired) electrons. The van der Waals surface area contributed by atoms with Crippen LogP contribution in [0.25, 0.3) is 0 Å². The Morgan fingerprint density at radius 2 is 1.87 bits per heavy atom. The Labute approximate surface area is 88.5 Å². The van der Waals surface area contributed by atoms with Crippen molar-refractivity contribution in [2.75, 3.05) is 0 Å². The number of nitrogens with one attached hydrogen (secondary N) is 1. The summed E-state index contributed by atoms with van der Waals surface area (Å²) in [6, 6.07) is 5.71. The van der Waals surface area contributed by atoms with Crippen LogP contribution in [0.2, 0.25) is 0 Å². The zero-order valence-corrected chi connectivity index (χ0v) is 8.83. The van der Waals surface area contributed by atoms with Gasteiger partial charge in [-0.3, -0.25) is 10.1 Å². The number of amides is 1. The molecule has 0 saturated carbocycles. The summed E-state index contributed by atoms with van der Waals surface area (Å²) in [5.41, 5.74) is 6.05. The van der Waals surface area contributed by atoms with Crippen molar-refractivity contribution in [1.82, 2.24) is 5.32 Å². The molecule has 0 bridgehead atoms. The molecule has 1 aromatic carbocycles. The molecular formula is C11H15FN2O. The van der Waals surface area contributed by atoms with E-state index in [2.05, 4.69) is 5.32 Å².